The molecule has 29 heteroatoms. The zero-order chi connectivity index (χ0) is 68.2. The van der Waals surface area contributed by atoms with E-state index in [4.69, 9.17) is 29.4 Å². The summed E-state index contributed by atoms with van der Waals surface area (Å²) in [4.78, 5) is 107. The summed E-state index contributed by atoms with van der Waals surface area (Å²) in [5.74, 6) is -2.79. The molecular formula is C65H85ClN12O16. The molecule has 0 fully saturated rings. The fourth-order valence-corrected chi connectivity index (χ4v) is 9.02. The van der Waals surface area contributed by atoms with Crippen LogP contribution < -0.4 is 52.4 Å². The fourth-order valence-electron chi connectivity index (χ4n) is 9.02. The molecule has 4 aromatic carbocycles. The molecule has 508 valence electrons. The minimum absolute atomic E-state index is 0. The van der Waals surface area contributed by atoms with Gasteiger partial charge in [0.05, 0.1) is 61.3 Å². The second kappa shape index (κ2) is 38.0. The Morgan fingerprint density at radius 2 is 0.915 bits per heavy atom. The molecule has 28 nitrogen and oxygen atoms in total. The number of phenolic OH excluding ortho intramolecular Hbond substituents is 4. The van der Waals surface area contributed by atoms with Crippen molar-refractivity contribution in [3.05, 3.63) is 141 Å². The Morgan fingerprint density at radius 3 is 1.29 bits per heavy atom. The number of ether oxygens (including phenoxy) is 5. The second-order valence-electron chi connectivity index (χ2n) is 22.2. The van der Waals surface area contributed by atoms with Crippen LogP contribution in [0.2, 0.25) is 0 Å². The molecule has 5 amide bonds. The molecule has 0 saturated carbocycles. The van der Waals surface area contributed by atoms with Gasteiger partial charge in [-0.05, 0) is 153 Å². The number of nitrogens with one attached hydrogen (secondary N) is 7. The first-order valence-corrected chi connectivity index (χ1v) is 29.9. The van der Waals surface area contributed by atoms with Crippen LogP contribution in [0.3, 0.4) is 0 Å². The number of aromatic hydroxyl groups is 4. The van der Waals surface area contributed by atoms with Crippen LogP contribution in [0.5, 0.6) is 34.5 Å². The van der Waals surface area contributed by atoms with Gasteiger partial charge in [0.15, 0.2) is 0 Å². The predicted molar refractivity (Wildman–Crippen MR) is 351 cm³/mol. The van der Waals surface area contributed by atoms with E-state index in [1.54, 1.807) is 84.9 Å². The predicted octanol–water partition coefficient (Wildman–Crippen LogP) is 5.94. The summed E-state index contributed by atoms with van der Waals surface area (Å²) in [6, 6.07) is 19.7. The molecule has 0 bridgehead atoms. The number of esters is 2. The van der Waals surface area contributed by atoms with Crippen molar-refractivity contribution in [1.82, 2.24) is 46.5 Å². The molecule has 6 aromatic rings. The highest BCUT2D eigenvalue weighted by atomic mass is 35.5. The van der Waals surface area contributed by atoms with E-state index in [9.17, 15) is 54.0 Å². The number of nitrogens with zero attached hydrogens (tertiary/aromatic N) is 4. The van der Waals surface area contributed by atoms with Crippen molar-refractivity contribution < 1.29 is 77.7 Å². The molecule has 6 rings (SSSR count). The molecule has 0 saturated heterocycles. The molecule has 2 heterocycles. The van der Waals surface area contributed by atoms with Gasteiger partial charge in [0, 0.05) is 56.0 Å². The highest BCUT2D eigenvalue weighted by Gasteiger charge is 2.28. The van der Waals surface area contributed by atoms with Gasteiger partial charge in [-0.2, -0.15) is 0 Å². The van der Waals surface area contributed by atoms with Gasteiger partial charge in [-0.25, -0.2) is 34.3 Å². The van der Waals surface area contributed by atoms with E-state index in [0.717, 1.165) is 43.9 Å². The number of aromatic nitrogens is 4. The third-order valence-corrected chi connectivity index (χ3v) is 13.4. The molecule has 0 aliphatic heterocycles. The lowest BCUT2D eigenvalue weighted by Gasteiger charge is -2.19. The lowest BCUT2D eigenvalue weighted by atomic mass is 10.1. The lowest BCUT2D eigenvalue weighted by molar-refractivity contribution is -0.143. The monoisotopic (exact) mass is 1320 g/mol. The lowest BCUT2D eigenvalue weighted by Crippen LogP contribution is -2.49. The number of amides is 5. The Hall–Kier alpha value is -10.2. The first kappa shape index (κ1) is 76.2. The molecular weight excluding hydrogens is 1240 g/mol. The summed E-state index contributed by atoms with van der Waals surface area (Å²) < 4.78 is 26.0. The summed E-state index contributed by atoms with van der Waals surface area (Å²) in [6.45, 7) is 13.6. The van der Waals surface area contributed by atoms with E-state index in [1.807, 2.05) is 12.1 Å². The zero-order valence-electron chi connectivity index (χ0n) is 54.1. The van der Waals surface area contributed by atoms with Crippen LogP contribution in [0.25, 0.3) is 0 Å². The molecule has 2 aromatic heterocycles. The van der Waals surface area contributed by atoms with Crippen LogP contribution in [0.1, 0.15) is 122 Å². The Kier molecular flexibility index (Phi) is 30.8. The average Bonchev–Trinajstić information content (AvgIpc) is 1.35. The van der Waals surface area contributed by atoms with Gasteiger partial charge in [0.25, 0.3) is 23.6 Å². The molecule has 2 atom stereocenters. The highest BCUT2D eigenvalue weighted by molar-refractivity contribution is 6.00. The molecule has 0 unspecified atom stereocenters. The van der Waals surface area contributed by atoms with Gasteiger partial charge in [-0.1, -0.05) is 24.3 Å². The highest BCUT2D eigenvalue weighted by Crippen LogP contribution is 2.24. The van der Waals surface area contributed by atoms with Gasteiger partial charge in [0.2, 0.25) is 11.9 Å². The largest absolute Gasteiger partial charge is 0.508 e. The van der Waals surface area contributed by atoms with Crippen LogP contribution in [-0.4, -0.2) is 166 Å². The minimum Gasteiger partial charge on any atom is -0.508 e. The smallest absolute Gasteiger partial charge is 0.407 e. The number of aryl methyl sites for hydroxylation is 6. The number of alkyl carbamates (subject to hydrolysis) is 1. The van der Waals surface area contributed by atoms with Crippen molar-refractivity contribution in [3.63, 3.8) is 0 Å². The maximum Gasteiger partial charge on any atom is 0.407 e. The fraction of sp³-hybridized carbons (Fsp3) is 0.400. The average molecular weight is 1330 g/mol. The molecule has 0 aliphatic rings. The number of carbonyl (C=O) groups is 7. The van der Waals surface area contributed by atoms with Gasteiger partial charge in [0.1, 0.15) is 52.2 Å². The van der Waals surface area contributed by atoms with Gasteiger partial charge < -0.3 is 87.1 Å². The number of hydrogen-bond donors (Lipinski definition) is 12. The number of phenols is 4. The summed E-state index contributed by atoms with van der Waals surface area (Å²) in [7, 11) is 2.33. The quantitative estimate of drug-likeness (QED) is 0.0136. The Balaban J connectivity index is 0.000000400. The number of anilines is 2. The maximum atomic E-state index is 13.3. The van der Waals surface area contributed by atoms with Gasteiger partial charge >= 0.3 is 18.0 Å². The van der Waals surface area contributed by atoms with E-state index < -0.39 is 59.3 Å². The summed E-state index contributed by atoms with van der Waals surface area (Å²) in [5, 5.41) is 58.6. The number of carbonyl (C=O) groups excluding carboxylic acids is 7. The first-order chi connectivity index (χ1) is 44.2. The number of benzene rings is 4. The zero-order valence-corrected chi connectivity index (χ0v) is 54.9. The number of nitrogens with two attached hydrogens (primary N) is 1. The number of hydrogen-bond acceptors (Lipinski definition) is 23. The molecule has 13 N–H and O–H groups in total. The van der Waals surface area contributed by atoms with E-state index in [1.165, 1.54) is 43.5 Å². The molecule has 0 aliphatic carbocycles. The van der Waals surface area contributed by atoms with Crippen LogP contribution in [-0.2, 0) is 36.6 Å². The number of methoxy groups -OCH3 is 2. The van der Waals surface area contributed by atoms with Crippen LogP contribution in [0, 0.1) is 27.7 Å². The van der Waals surface area contributed by atoms with Crippen molar-refractivity contribution in [2.24, 2.45) is 5.73 Å². The van der Waals surface area contributed by atoms with Crippen molar-refractivity contribution in [2.75, 3.05) is 77.3 Å². The van der Waals surface area contributed by atoms with Crippen LogP contribution in [0.15, 0.2) is 84.9 Å². The van der Waals surface area contributed by atoms with Crippen LogP contribution in [0.4, 0.5) is 16.7 Å². The van der Waals surface area contributed by atoms with E-state index in [-0.39, 0.29) is 95.4 Å². The maximum absolute atomic E-state index is 13.3. The standard InChI is InChI=1S/C35H46N6O9.C30H38N6O7.ClH/c1-21-29(22(2)40-33(39-21)36-13-8-11-23-10-7-12-25(42)16-23)31(45)41-28(32(46)48-6)20-38-30(44)24-17-26(43)19-27(18-24)49-15-9-14-37-34(47)50-35(3,4)5;1-18-26(19(2)35-30(34-18)32-11-5-8-20-7-4-9-22(37)13-20)28(40)36-25(29(41)42-3)17-33-27(39)21-14-23(38)16-24(15-21)43-12-6-10-31;/h7,10,12,16-19,28,42-43H,8-9,11,13-15,20H2,1-6H3,(H,37,47)(H,38,44)(H,41,45)(H,36,39,40);4,7,9,13-16,25,37-38H,5-6,8,10-12,17,31H2,1-3H3,(H,33,39)(H,36,40)(H,32,34,35);1H/t28-;25-;/m00./s1. The van der Waals surface area contributed by atoms with Crippen molar-refractivity contribution in [1.29, 1.82) is 0 Å². The Bertz CT molecular complexity index is 3510. The molecule has 94 heavy (non-hydrogen) atoms. The van der Waals surface area contributed by atoms with Gasteiger partial charge in [-0.15, -0.1) is 12.4 Å². The summed E-state index contributed by atoms with van der Waals surface area (Å²) >= 11 is 0. The summed E-state index contributed by atoms with van der Waals surface area (Å²) in [6.07, 6.45) is 3.50. The first-order valence-electron chi connectivity index (χ1n) is 29.9. The molecule has 0 radical (unpaired) electrons. The third-order valence-electron chi connectivity index (χ3n) is 13.4. The second-order valence-corrected chi connectivity index (χ2v) is 22.2. The number of halogens is 1. The van der Waals surface area contributed by atoms with Crippen molar-refractivity contribution in [2.45, 2.75) is 105 Å². The summed E-state index contributed by atoms with van der Waals surface area (Å²) in [5.41, 5.74) is 8.93. The van der Waals surface area contributed by atoms with Crippen molar-refractivity contribution in [3.8, 4) is 34.5 Å². The number of rotatable bonds is 31. The van der Waals surface area contributed by atoms with E-state index in [2.05, 4.69) is 57.2 Å². The normalized spacial score (nSPS) is 11.3. The Labute approximate surface area is 551 Å². The molecule has 0 spiro atoms. The van der Waals surface area contributed by atoms with E-state index in [0.29, 0.717) is 73.8 Å². The minimum atomic E-state index is -1.25. The van der Waals surface area contributed by atoms with Gasteiger partial charge in [-0.3, -0.25) is 19.2 Å². The third kappa shape index (κ3) is 25.8. The van der Waals surface area contributed by atoms with Crippen molar-refractivity contribution >= 4 is 66.0 Å². The van der Waals surface area contributed by atoms with E-state index >= 15 is 0 Å². The topological polar surface area (TPSA) is 408 Å². The Morgan fingerprint density at radius 1 is 0.511 bits per heavy atom. The SMILES string of the molecule is COC(=O)[C@H](CNC(=O)c1cc(O)cc(OCCCN)c1)NC(=O)c1c(C)nc(NCCCc2cccc(O)c2)nc1C.COC(=O)[C@H](CNC(=O)c1cc(O)cc(OCCCNC(=O)OC(C)(C)C)c1)NC(=O)c1c(C)nc(NCCCc2cccc(O)c2)nc1C.Cl. The van der Waals surface area contributed by atoms with Crippen LogP contribution >= 0.6 is 12.4 Å².